The number of para-hydroxylation sites is 1. The summed E-state index contributed by atoms with van der Waals surface area (Å²) in [5.74, 6) is 0.108. The van der Waals surface area contributed by atoms with Gasteiger partial charge in [-0.05, 0) is 32.4 Å². The summed E-state index contributed by atoms with van der Waals surface area (Å²) in [7, 11) is 0. The maximum absolute atomic E-state index is 7.45. The van der Waals surface area contributed by atoms with Crippen molar-refractivity contribution in [1.82, 2.24) is 0 Å². The molecule has 4 N–H and O–H groups in total. The quantitative estimate of drug-likeness (QED) is 0.506. The fourth-order valence-electron chi connectivity index (χ4n) is 1.37. The van der Waals surface area contributed by atoms with Crippen molar-refractivity contribution in [3.63, 3.8) is 0 Å². The normalized spacial score (nSPS) is 10.3. The van der Waals surface area contributed by atoms with Crippen LogP contribution in [-0.2, 0) is 0 Å². The summed E-state index contributed by atoms with van der Waals surface area (Å²) in [6.45, 7) is 6.14. The zero-order valence-electron chi connectivity index (χ0n) is 8.89. The van der Waals surface area contributed by atoms with Gasteiger partial charge in [-0.3, -0.25) is 5.41 Å². The first-order valence-electron chi connectivity index (χ1n) is 4.73. The number of nitrogens with one attached hydrogen (secondary N) is 2. The molecule has 0 aliphatic rings. The molecule has 3 nitrogen and oxygen atoms in total. The molecule has 1 aromatic rings. The second-order valence-corrected chi connectivity index (χ2v) is 3.71. The predicted molar refractivity (Wildman–Crippen MR) is 61.0 cm³/mol. The highest BCUT2D eigenvalue weighted by atomic mass is 14.9. The maximum Gasteiger partial charge on any atom is 0.124 e. The number of nitrogen functional groups attached to an aromatic ring is 1. The van der Waals surface area contributed by atoms with Crippen molar-refractivity contribution in [2.24, 2.45) is 5.73 Å². The Bertz CT molecular complexity index is 342. The molecule has 0 radical (unpaired) electrons. The van der Waals surface area contributed by atoms with Crippen LogP contribution in [-0.4, -0.2) is 11.9 Å². The number of anilines is 1. The lowest BCUT2D eigenvalue weighted by atomic mass is 10.1. The number of hydrogen-bond acceptors (Lipinski definition) is 2. The standard InChI is InChI=1S/C11H17N3/c1-7(2)14-10-8(3)5-4-6-9(10)11(12)13/h4-7,14H,1-3H3,(H3,12,13). The Kier molecular flexibility index (Phi) is 3.12. The summed E-state index contributed by atoms with van der Waals surface area (Å²) in [5, 5.41) is 10.8. The summed E-state index contributed by atoms with van der Waals surface area (Å²) >= 11 is 0. The number of rotatable bonds is 3. The van der Waals surface area contributed by atoms with Crippen LogP contribution in [0.4, 0.5) is 5.69 Å². The van der Waals surface area contributed by atoms with E-state index in [4.69, 9.17) is 11.1 Å². The van der Waals surface area contributed by atoms with Crippen LogP contribution in [0.3, 0.4) is 0 Å². The molecule has 1 aromatic carbocycles. The third kappa shape index (κ3) is 2.25. The SMILES string of the molecule is Cc1cccc(C(=N)N)c1NC(C)C. The first-order chi connectivity index (χ1) is 6.52. The molecule has 76 valence electrons. The highest BCUT2D eigenvalue weighted by Crippen LogP contribution is 2.20. The lowest BCUT2D eigenvalue weighted by molar-refractivity contribution is 0.896. The van der Waals surface area contributed by atoms with Gasteiger partial charge in [-0.1, -0.05) is 12.1 Å². The Labute approximate surface area is 84.8 Å². The van der Waals surface area contributed by atoms with Crippen LogP contribution >= 0.6 is 0 Å². The van der Waals surface area contributed by atoms with Crippen molar-refractivity contribution in [1.29, 1.82) is 5.41 Å². The molecule has 0 amide bonds. The summed E-state index contributed by atoms with van der Waals surface area (Å²) in [6.07, 6.45) is 0. The zero-order chi connectivity index (χ0) is 10.7. The van der Waals surface area contributed by atoms with Crippen LogP contribution < -0.4 is 11.1 Å². The second kappa shape index (κ2) is 4.13. The van der Waals surface area contributed by atoms with E-state index in [9.17, 15) is 0 Å². The van der Waals surface area contributed by atoms with Crippen LogP contribution in [0.1, 0.15) is 25.0 Å². The van der Waals surface area contributed by atoms with E-state index in [1.807, 2.05) is 25.1 Å². The van der Waals surface area contributed by atoms with Gasteiger partial charge in [0.2, 0.25) is 0 Å². The van der Waals surface area contributed by atoms with Crippen LogP contribution in [0, 0.1) is 12.3 Å². The van der Waals surface area contributed by atoms with Crippen LogP contribution in [0.5, 0.6) is 0 Å². The average molecular weight is 191 g/mol. The van der Waals surface area contributed by atoms with Crippen molar-refractivity contribution in [2.75, 3.05) is 5.32 Å². The minimum Gasteiger partial charge on any atom is -0.384 e. The molecule has 0 spiro atoms. The summed E-state index contributed by atoms with van der Waals surface area (Å²) < 4.78 is 0. The van der Waals surface area contributed by atoms with Gasteiger partial charge in [0, 0.05) is 17.3 Å². The molecule has 0 aliphatic carbocycles. The lowest BCUT2D eigenvalue weighted by Gasteiger charge is -2.16. The molecule has 0 atom stereocenters. The Morgan fingerprint density at radius 2 is 2.07 bits per heavy atom. The number of amidine groups is 1. The van der Waals surface area contributed by atoms with Gasteiger partial charge >= 0.3 is 0 Å². The number of aryl methyl sites for hydroxylation is 1. The average Bonchev–Trinajstić information content (AvgIpc) is 2.07. The number of hydrogen-bond donors (Lipinski definition) is 3. The minimum absolute atomic E-state index is 0.108. The monoisotopic (exact) mass is 191 g/mol. The third-order valence-electron chi connectivity index (χ3n) is 2.00. The van der Waals surface area contributed by atoms with Crippen LogP contribution in [0.2, 0.25) is 0 Å². The third-order valence-corrected chi connectivity index (χ3v) is 2.00. The van der Waals surface area contributed by atoms with E-state index >= 15 is 0 Å². The fourth-order valence-corrected chi connectivity index (χ4v) is 1.37. The molecule has 0 saturated heterocycles. The number of benzene rings is 1. The molecule has 3 heteroatoms. The molecule has 0 saturated carbocycles. The van der Waals surface area contributed by atoms with Gasteiger partial charge in [-0.25, -0.2) is 0 Å². The van der Waals surface area contributed by atoms with Crippen LogP contribution in [0.25, 0.3) is 0 Å². The van der Waals surface area contributed by atoms with Gasteiger partial charge in [0.25, 0.3) is 0 Å². The van der Waals surface area contributed by atoms with E-state index in [2.05, 4.69) is 19.2 Å². The maximum atomic E-state index is 7.45. The van der Waals surface area contributed by atoms with Gasteiger partial charge < -0.3 is 11.1 Å². The van der Waals surface area contributed by atoms with Crippen molar-refractivity contribution in [3.8, 4) is 0 Å². The predicted octanol–water partition coefficient (Wildman–Crippen LogP) is 2.10. The summed E-state index contributed by atoms with van der Waals surface area (Å²) in [4.78, 5) is 0. The fraction of sp³-hybridized carbons (Fsp3) is 0.364. The lowest BCUT2D eigenvalue weighted by Crippen LogP contribution is -2.18. The molecular weight excluding hydrogens is 174 g/mol. The molecular formula is C11H17N3. The molecule has 1 rings (SSSR count). The van der Waals surface area contributed by atoms with Crippen LogP contribution in [0.15, 0.2) is 18.2 Å². The highest BCUT2D eigenvalue weighted by molar-refractivity contribution is 6.00. The molecule has 0 unspecified atom stereocenters. The minimum atomic E-state index is 0.108. The van der Waals surface area contributed by atoms with Gasteiger partial charge in [0.1, 0.15) is 5.84 Å². The molecule has 0 heterocycles. The molecule has 0 aliphatic heterocycles. The molecule has 0 fully saturated rings. The summed E-state index contributed by atoms with van der Waals surface area (Å²) in [6, 6.07) is 6.13. The molecule has 0 bridgehead atoms. The van der Waals surface area contributed by atoms with E-state index in [1.54, 1.807) is 0 Å². The smallest absolute Gasteiger partial charge is 0.124 e. The van der Waals surface area contributed by atoms with E-state index in [1.165, 1.54) is 0 Å². The van der Waals surface area contributed by atoms with Crippen molar-refractivity contribution in [3.05, 3.63) is 29.3 Å². The second-order valence-electron chi connectivity index (χ2n) is 3.71. The first kappa shape index (κ1) is 10.6. The van der Waals surface area contributed by atoms with Crippen molar-refractivity contribution >= 4 is 11.5 Å². The Morgan fingerprint density at radius 3 is 2.57 bits per heavy atom. The summed E-state index contributed by atoms with van der Waals surface area (Å²) in [5.41, 5.74) is 8.36. The van der Waals surface area contributed by atoms with Gasteiger partial charge in [-0.2, -0.15) is 0 Å². The van der Waals surface area contributed by atoms with E-state index in [0.717, 1.165) is 16.8 Å². The highest BCUT2D eigenvalue weighted by Gasteiger charge is 2.08. The Balaban J connectivity index is 3.15. The largest absolute Gasteiger partial charge is 0.384 e. The Morgan fingerprint density at radius 1 is 1.43 bits per heavy atom. The molecule has 14 heavy (non-hydrogen) atoms. The van der Waals surface area contributed by atoms with E-state index in [0.29, 0.717) is 6.04 Å². The van der Waals surface area contributed by atoms with E-state index < -0.39 is 0 Å². The Hall–Kier alpha value is -1.51. The zero-order valence-corrected chi connectivity index (χ0v) is 8.89. The number of nitrogens with two attached hydrogens (primary N) is 1. The van der Waals surface area contributed by atoms with Crippen molar-refractivity contribution in [2.45, 2.75) is 26.8 Å². The van der Waals surface area contributed by atoms with Gasteiger partial charge in [-0.15, -0.1) is 0 Å². The first-order valence-corrected chi connectivity index (χ1v) is 4.73. The van der Waals surface area contributed by atoms with Gasteiger partial charge in [0.15, 0.2) is 0 Å². The van der Waals surface area contributed by atoms with Crippen molar-refractivity contribution < 1.29 is 0 Å². The topological polar surface area (TPSA) is 61.9 Å². The van der Waals surface area contributed by atoms with Gasteiger partial charge in [0.05, 0.1) is 0 Å². The molecule has 0 aromatic heterocycles. The van der Waals surface area contributed by atoms with E-state index in [-0.39, 0.29) is 5.84 Å².